The van der Waals surface area contributed by atoms with Gasteiger partial charge in [0.15, 0.2) is 12.1 Å². The fourth-order valence-electron chi connectivity index (χ4n) is 7.59. The largest absolute Gasteiger partial charge is 0.458 e. The van der Waals surface area contributed by atoms with Crippen LogP contribution < -0.4 is 32.7 Å². The molecule has 23 nitrogen and oxygen atoms in total. The van der Waals surface area contributed by atoms with Gasteiger partial charge in [-0.15, -0.1) is 0 Å². The van der Waals surface area contributed by atoms with Crippen molar-refractivity contribution in [2.45, 2.75) is 120 Å². The Morgan fingerprint density at radius 2 is 1.51 bits per heavy atom. The number of benzene rings is 2. The van der Waals surface area contributed by atoms with Crippen LogP contribution in [0, 0.1) is 5.92 Å². The third-order valence-electron chi connectivity index (χ3n) is 11.6. The van der Waals surface area contributed by atoms with Gasteiger partial charge in [-0.05, 0) is 49.7 Å². The number of esters is 1. The number of cyclic esters (lactones) is 1. The second-order valence-electron chi connectivity index (χ2n) is 16.5. The first-order valence-electron chi connectivity index (χ1n) is 21.7. The van der Waals surface area contributed by atoms with Crippen molar-refractivity contribution >= 4 is 57.8 Å². The molecule has 67 heavy (non-hydrogen) atoms. The monoisotopic (exact) mass is 959 g/mol. The third kappa shape index (κ3) is 15.4. The number of piperidine rings is 1. The maximum absolute atomic E-state index is 15.0. The number of guanidine groups is 1. The summed E-state index contributed by atoms with van der Waals surface area (Å²) in [5.74, 6) is -7.96. The molecule has 4 rings (SSSR count). The Hall–Kier alpha value is -6.21. The Morgan fingerprint density at radius 3 is 2.07 bits per heavy atom. The smallest absolute Gasteiger partial charge is 0.397 e. The first-order chi connectivity index (χ1) is 31.6. The number of likely N-dealkylation sites (N-methyl/N-ethyl adjacent to an activating group) is 1. The van der Waals surface area contributed by atoms with Gasteiger partial charge in [0.05, 0.1) is 0 Å². The minimum absolute atomic E-state index is 0.0246. The van der Waals surface area contributed by atoms with E-state index in [0.29, 0.717) is 17.5 Å². The number of nitrogens with zero attached hydrogens (tertiary/aromatic N) is 3. The molecule has 6 amide bonds. The fraction of sp³-hybridized carbons (Fsp3) is 0.535. The second-order valence-corrected chi connectivity index (χ2v) is 17.6. The van der Waals surface area contributed by atoms with E-state index in [1.165, 1.54) is 14.0 Å². The highest BCUT2D eigenvalue weighted by Crippen LogP contribution is 2.25. The number of aliphatic hydroxyl groups is 2. The van der Waals surface area contributed by atoms with Gasteiger partial charge in [-0.2, -0.15) is 8.42 Å². The minimum atomic E-state index is -5.13. The average Bonchev–Trinajstić information content (AvgIpc) is 3.28. The Bertz CT molecular complexity index is 2200. The topological polar surface area (TPSA) is 352 Å². The number of amides is 6. The van der Waals surface area contributed by atoms with Crippen molar-refractivity contribution in [3.05, 3.63) is 71.8 Å². The van der Waals surface area contributed by atoms with E-state index in [2.05, 4.69) is 30.4 Å². The molecule has 2 aromatic carbocycles. The van der Waals surface area contributed by atoms with E-state index in [4.69, 9.17) is 20.8 Å². The van der Waals surface area contributed by atoms with E-state index in [9.17, 15) is 52.2 Å². The molecule has 2 heterocycles. The van der Waals surface area contributed by atoms with Crippen molar-refractivity contribution in [1.29, 1.82) is 0 Å². The summed E-state index contributed by atoms with van der Waals surface area (Å²) in [6, 6.07) is 8.27. The van der Waals surface area contributed by atoms with Crippen LogP contribution in [0.5, 0.6) is 0 Å². The van der Waals surface area contributed by atoms with Crippen molar-refractivity contribution in [3.8, 4) is 0 Å². The van der Waals surface area contributed by atoms with Gasteiger partial charge in [0.25, 0.3) is 5.91 Å². The van der Waals surface area contributed by atoms with Crippen molar-refractivity contribution in [2.24, 2.45) is 22.4 Å². The lowest BCUT2D eigenvalue weighted by Gasteiger charge is -2.43. The minimum Gasteiger partial charge on any atom is -0.458 e. The molecule has 0 spiro atoms. The van der Waals surface area contributed by atoms with Crippen LogP contribution >= 0.6 is 0 Å². The molecule has 2 aliphatic rings. The molecule has 2 fully saturated rings. The molecule has 24 heteroatoms. The first-order valence-corrected chi connectivity index (χ1v) is 23.1. The quantitative estimate of drug-likeness (QED) is 0.0300. The van der Waals surface area contributed by atoms with Crippen LogP contribution in [0.4, 0.5) is 0 Å². The zero-order valence-corrected chi connectivity index (χ0v) is 38.5. The zero-order chi connectivity index (χ0) is 49.6. The molecule has 11 N–H and O–H groups in total. The van der Waals surface area contributed by atoms with Crippen LogP contribution in [0.2, 0.25) is 0 Å². The lowest BCUT2D eigenvalue weighted by molar-refractivity contribution is -0.165. The van der Waals surface area contributed by atoms with Crippen LogP contribution in [0.3, 0.4) is 0 Å². The molecule has 2 aromatic rings. The van der Waals surface area contributed by atoms with E-state index >= 15 is 0 Å². The van der Waals surface area contributed by atoms with Crippen LogP contribution in [-0.4, -0.2) is 155 Å². The number of hydrogen-bond donors (Lipinski definition) is 9. The Morgan fingerprint density at radius 1 is 0.910 bits per heavy atom. The Labute approximate surface area is 388 Å². The van der Waals surface area contributed by atoms with E-state index < -0.39 is 119 Å². The SMILES string of the molecule is CC[C@H](C)[C@@H]1NC(=O)[C@H](Cc2ccccc2)N(C)C(=O)[C@H](Cc2ccccc2)N2C(=O)[C@H](CC[C@H]2O)NC(=O)[C@H](CCCN=C(N)N)NC(=O)[C@@H](NC(=O)[C@H](O)COS(=O)(=O)O)[C@@H](C)OC1=O. The second kappa shape index (κ2) is 24.5. The standard InChI is InChI=1S/C43H61N9O14S/c1-5-24(2)34-42(61)66-25(3)35(50-38(57)32(53)23-65-67(62,63)64)39(58)47-28(17-12-20-46-43(44)45)36(55)48-29-18-19-33(54)52(40(29)59)31(22-27-15-10-7-11-16-27)41(60)51(4)30(37(56)49-34)21-26-13-8-6-9-14-26/h6-11,13-16,24-25,28-35,53-54H,5,12,17-23H2,1-4H3,(H,47,58)(H,48,55)(H,49,56)(H,50,57)(H4,44,45,46)(H,62,63,64)/t24-,25+,28-,29-,30-,31-,32+,33+,34-,35-/m0/s1. The Balaban J connectivity index is 1.88. The maximum Gasteiger partial charge on any atom is 0.397 e. The molecular weight excluding hydrogens is 899 g/mol. The fourth-order valence-corrected chi connectivity index (χ4v) is 7.90. The van der Waals surface area contributed by atoms with Crippen molar-refractivity contribution < 1.29 is 65.7 Å². The number of rotatable bonds is 15. The van der Waals surface area contributed by atoms with E-state index in [-0.39, 0.29) is 51.0 Å². The third-order valence-corrected chi connectivity index (χ3v) is 12.0. The highest BCUT2D eigenvalue weighted by Gasteiger charge is 2.46. The van der Waals surface area contributed by atoms with Gasteiger partial charge in [0.2, 0.25) is 29.5 Å². The highest BCUT2D eigenvalue weighted by atomic mass is 32.3. The van der Waals surface area contributed by atoms with E-state index in [1.807, 2.05) is 0 Å². The Kier molecular flexibility index (Phi) is 19.6. The van der Waals surface area contributed by atoms with Crippen molar-refractivity contribution in [2.75, 3.05) is 20.2 Å². The first kappa shape index (κ1) is 53.4. The number of hydrogen-bond acceptors (Lipinski definition) is 14. The normalized spacial score (nSPS) is 25.8. The molecule has 0 radical (unpaired) electrons. The molecule has 10 atom stereocenters. The molecule has 0 saturated carbocycles. The molecule has 0 unspecified atom stereocenters. The maximum atomic E-state index is 15.0. The van der Waals surface area contributed by atoms with Gasteiger partial charge < -0.3 is 57.5 Å². The number of carbonyl (C=O) groups is 7. The highest BCUT2D eigenvalue weighted by molar-refractivity contribution is 7.80. The summed E-state index contributed by atoms with van der Waals surface area (Å²) in [5.41, 5.74) is 12.2. The van der Waals surface area contributed by atoms with Gasteiger partial charge in [0.1, 0.15) is 55.2 Å². The van der Waals surface area contributed by atoms with Gasteiger partial charge in [-0.25, -0.2) is 8.98 Å². The van der Waals surface area contributed by atoms with Crippen molar-refractivity contribution in [1.82, 2.24) is 31.1 Å². The zero-order valence-electron chi connectivity index (χ0n) is 37.6. The predicted octanol–water partition coefficient (Wildman–Crippen LogP) is -2.23. The van der Waals surface area contributed by atoms with Gasteiger partial charge >= 0.3 is 16.4 Å². The number of nitrogens with one attached hydrogen (secondary N) is 4. The lowest BCUT2D eigenvalue weighted by atomic mass is 9.95. The van der Waals surface area contributed by atoms with Crippen LogP contribution in [0.1, 0.15) is 64.0 Å². The molecule has 0 aliphatic carbocycles. The van der Waals surface area contributed by atoms with Crippen LogP contribution in [-0.2, 0) is 65.7 Å². The van der Waals surface area contributed by atoms with Gasteiger partial charge in [0, 0.05) is 26.4 Å². The molecule has 368 valence electrons. The summed E-state index contributed by atoms with van der Waals surface area (Å²) in [6.45, 7) is 3.23. The molecular formula is C43H61N9O14S. The number of carbonyl (C=O) groups excluding carboxylic acids is 7. The van der Waals surface area contributed by atoms with Gasteiger partial charge in [-0.3, -0.25) is 38.3 Å². The average molecular weight is 960 g/mol. The van der Waals surface area contributed by atoms with E-state index in [0.717, 1.165) is 9.80 Å². The van der Waals surface area contributed by atoms with E-state index in [1.54, 1.807) is 74.5 Å². The predicted molar refractivity (Wildman–Crippen MR) is 239 cm³/mol. The molecule has 0 aromatic heterocycles. The summed E-state index contributed by atoms with van der Waals surface area (Å²) in [6.07, 6.45) is -5.75. The van der Waals surface area contributed by atoms with Crippen LogP contribution in [0.15, 0.2) is 65.7 Å². The summed E-state index contributed by atoms with van der Waals surface area (Å²) >= 11 is 0. The number of ether oxygens (including phenoxy) is 1. The molecule has 2 bridgehead atoms. The summed E-state index contributed by atoms with van der Waals surface area (Å²) in [4.78, 5) is 106. The number of nitrogens with two attached hydrogens (primary N) is 2. The van der Waals surface area contributed by atoms with Crippen molar-refractivity contribution in [3.63, 3.8) is 0 Å². The number of fused-ring (bicyclic) bond motifs is 2. The summed E-state index contributed by atoms with van der Waals surface area (Å²) in [5, 5.41) is 31.9. The lowest BCUT2D eigenvalue weighted by Crippen LogP contribution is -2.65. The van der Waals surface area contributed by atoms with Gasteiger partial charge in [-0.1, -0.05) is 80.9 Å². The molecule has 2 saturated heterocycles. The van der Waals surface area contributed by atoms with Crippen LogP contribution in [0.25, 0.3) is 0 Å². The number of aliphatic hydroxyl groups excluding tert-OH is 2. The summed E-state index contributed by atoms with van der Waals surface area (Å²) < 4.78 is 41.2. The molecule has 2 aliphatic heterocycles. The summed E-state index contributed by atoms with van der Waals surface area (Å²) in [7, 11) is -3.76. The number of aliphatic imine (C=N–C) groups is 1.